The van der Waals surface area contributed by atoms with E-state index >= 15 is 0 Å². The van der Waals surface area contributed by atoms with Crippen LogP contribution in [0.15, 0.2) is 77.7 Å². The van der Waals surface area contributed by atoms with Gasteiger partial charge in [-0.15, -0.1) is 0 Å². The van der Waals surface area contributed by atoms with Gasteiger partial charge in [-0.2, -0.15) is 0 Å². The van der Waals surface area contributed by atoms with Gasteiger partial charge in [0.15, 0.2) is 0 Å². The maximum atomic E-state index is 12.6. The van der Waals surface area contributed by atoms with Crippen molar-refractivity contribution in [1.29, 1.82) is 0 Å². The van der Waals surface area contributed by atoms with Crippen molar-refractivity contribution in [2.45, 2.75) is 25.3 Å². The average molecular weight is 438 g/mol. The Labute approximate surface area is 181 Å². The molecular weight excluding hydrogens is 414 g/mol. The smallest absolute Gasteiger partial charge is 0.267 e. The third-order valence-electron chi connectivity index (χ3n) is 4.64. The van der Waals surface area contributed by atoms with Crippen LogP contribution in [0, 0.1) is 13.8 Å². The zero-order valence-electron chi connectivity index (χ0n) is 17.2. The summed E-state index contributed by atoms with van der Waals surface area (Å²) in [5.74, 6) is -1.08. The number of sulfonamides is 1. The summed E-state index contributed by atoms with van der Waals surface area (Å²) in [4.78, 5) is 24.8. The molecule has 3 aromatic rings. The van der Waals surface area contributed by atoms with Crippen LogP contribution in [0.1, 0.15) is 37.4 Å². The molecule has 0 fully saturated rings. The zero-order valence-corrected chi connectivity index (χ0v) is 18.0. The van der Waals surface area contributed by atoms with Crippen molar-refractivity contribution >= 4 is 21.8 Å². The Morgan fingerprint density at radius 1 is 0.806 bits per heavy atom. The fourth-order valence-electron chi connectivity index (χ4n) is 2.90. The first-order valence-electron chi connectivity index (χ1n) is 9.58. The lowest BCUT2D eigenvalue weighted by atomic mass is 10.1. The highest BCUT2D eigenvalue weighted by Crippen LogP contribution is 2.13. The second-order valence-electron chi connectivity index (χ2n) is 7.06. The summed E-state index contributed by atoms with van der Waals surface area (Å²) >= 11 is 0. The maximum absolute atomic E-state index is 12.6. The van der Waals surface area contributed by atoms with E-state index in [-0.39, 0.29) is 17.0 Å². The van der Waals surface area contributed by atoms with Gasteiger partial charge in [0.1, 0.15) is 0 Å². The number of carbonyl (C=O) groups excluding carboxylic acids is 2. The summed E-state index contributed by atoms with van der Waals surface area (Å²) in [6.45, 7) is 3.80. The molecule has 0 aliphatic heterocycles. The average Bonchev–Trinajstić information content (AvgIpc) is 2.78. The third kappa shape index (κ3) is 5.78. The monoisotopic (exact) mass is 437 g/mol. The Bertz CT molecular complexity index is 1210. The van der Waals surface area contributed by atoms with E-state index in [2.05, 4.69) is 15.6 Å². The fourth-order valence-corrected chi connectivity index (χ4v) is 3.96. The molecule has 7 nitrogen and oxygen atoms in total. The molecule has 0 heterocycles. The third-order valence-corrected chi connectivity index (χ3v) is 6.04. The molecule has 3 N–H and O–H groups in total. The Morgan fingerprint density at radius 3 is 2.26 bits per heavy atom. The first kappa shape index (κ1) is 22.2. The molecule has 0 bridgehead atoms. The van der Waals surface area contributed by atoms with Crippen molar-refractivity contribution < 1.29 is 18.0 Å². The minimum Gasteiger partial charge on any atom is -0.267 e. The molecule has 3 rings (SSSR count). The predicted molar refractivity (Wildman–Crippen MR) is 118 cm³/mol. The molecule has 0 aromatic heterocycles. The minimum absolute atomic E-state index is 0.0445. The number of amides is 2. The highest BCUT2D eigenvalue weighted by atomic mass is 32.2. The first-order valence-corrected chi connectivity index (χ1v) is 11.1. The van der Waals surface area contributed by atoms with Gasteiger partial charge in [0.25, 0.3) is 11.8 Å². The van der Waals surface area contributed by atoms with E-state index < -0.39 is 21.8 Å². The SMILES string of the molecule is Cc1ccc(C)c(C(=O)NNC(=O)c2cccc(S(=O)(=O)NCc3ccccc3)c2)c1. The summed E-state index contributed by atoms with van der Waals surface area (Å²) < 4.78 is 27.7. The molecule has 160 valence electrons. The van der Waals surface area contributed by atoms with Crippen LogP contribution in [0.4, 0.5) is 0 Å². The summed E-state index contributed by atoms with van der Waals surface area (Å²) in [5.41, 5.74) is 7.75. The van der Waals surface area contributed by atoms with Gasteiger partial charge < -0.3 is 0 Å². The van der Waals surface area contributed by atoms with E-state index in [1.165, 1.54) is 24.3 Å². The van der Waals surface area contributed by atoms with Crippen molar-refractivity contribution in [3.8, 4) is 0 Å². The van der Waals surface area contributed by atoms with Crippen LogP contribution >= 0.6 is 0 Å². The van der Waals surface area contributed by atoms with E-state index in [9.17, 15) is 18.0 Å². The van der Waals surface area contributed by atoms with Crippen molar-refractivity contribution in [1.82, 2.24) is 15.6 Å². The lowest BCUT2D eigenvalue weighted by Gasteiger charge is -2.11. The summed E-state index contributed by atoms with van der Waals surface area (Å²) in [5, 5.41) is 0. The molecule has 0 spiro atoms. The molecule has 0 saturated heterocycles. The largest absolute Gasteiger partial charge is 0.269 e. The number of hydrogen-bond donors (Lipinski definition) is 3. The van der Waals surface area contributed by atoms with Crippen molar-refractivity contribution in [2.24, 2.45) is 0 Å². The lowest BCUT2D eigenvalue weighted by Crippen LogP contribution is -2.42. The maximum Gasteiger partial charge on any atom is 0.269 e. The van der Waals surface area contributed by atoms with Gasteiger partial charge in [-0.25, -0.2) is 13.1 Å². The Hall–Kier alpha value is -3.49. The number of carbonyl (C=O) groups is 2. The number of benzene rings is 3. The molecule has 0 atom stereocenters. The van der Waals surface area contributed by atoms with Gasteiger partial charge in [-0.3, -0.25) is 20.4 Å². The molecule has 8 heteroatoms. The van der Waals surface area contributed by atoms with Gasteiger partial charge in [0.2, 0.25) is 10.0 Å². The van der Waals surface area contributed by atoms with E-state index in [0.717, 1.165) is 16.7 Å². The molecule has 0 unspecified atom stereocenters. The molecule has 0 aliphatic carbocycles. The molecule has 0 aliphatic rings. The zero-order chi connectivity index (χ0) is 22.4. The van der Waals surface area contributed by atoms with Gasteiger partial charge >= 0.3 is 0 Å². The van der Waals surface area contributed by atoms with Crippen molar-refractivity contribution in [2.75, 3.05) is 0 Å². The van der Waals surface area contributed by atoms with Crippen LogP contribution in [0.3, 0.4) is 0 Å². The van der Waals surface area contributed by atoms with Crippen LogP contribution < -0.4 is 15.6 Å². The number of hydrogen-bond acceptors (Lipinski definition) is 4. The van der Waals surface area contributed by atoms with Crippen LogP contribution in [0.5, 0.6) is 0 Å². The van der Waals surface area contributed by atoms with Crippen LogP contribution in [-0.4, -0.2) is 20.2 Å². The summed E-state index contributed by atoms with van der Waals surface area (Å²) in [6, 6.07) is 20.1. The molecule has 31 heavy (non-hydrogen) atoms. The van der Waals surface area contributed by atoms with Gasteiger partial charge in [-0.05, 0) is 49.2 Å². The molecule has 3 aromatic carbocycles. The Balaban J connectivity index is 1.66. The lowest BCUT2D eigenvalue weighted by molar-refractivity contribution is 0.0846. The van der Waals surface area contributed by atoms with Crippen molar-refractivity contribution in [3.05, 3.63) is 101 Å². The van der Waals surface area contributed by atoms with Crippen LogP contribution in [-0.2, 0) is 16.6 Å². The molecule has 2 amide bonds. The van der Waals surface area contributed by atoms with Crippen LogP contribution in [0.2, 0.25) is 0 Å². The number of aryl methyl sites for hydroxylation is 2. The predicted octanol–water partition coefficient (Wildman–Crippen LogP) is 2.86. The topological polar surface area (TPSA) is 104 Å². The number of rotatable bonds is 6. The van der Waals surface area contributed by atoms with E-state index in [4.69, 9.17) is 0 Å². The van der Waals surface area contributed by atoms with Gasteiger partial charge in [0, 0.05) is 17.7 Å². The number of hydrazine groups is 1. The van der Waals surface area contributed by atoms with Gasteiger partial charge in [0.05, 0.1) is 4.90 Å². The highest BCUT2D eigenvalue weighted by molar-refractivity contribution is 7.89. The number of nitrogens with one attached hydrogen (secondary N) is 3. The Morgan fingerprint density at radius 2 is 1.52 bits per heavy atom. The van der Waals surface area contributed by atoms with Crippen molar-refractivity contribution in [3.63, 3.8) is 0 Å². The quantitative estimate of drug-likeness (QED) is 0.516. The molecular formula is C23H23N3O4S. The van der Waals surface area contributed by atoms with E-state index in [0.29, 0.717) is 5.56 Å². The second kappa shape index (κ2) is 9.55. The van der Waals surface area contributed by atoms with E-state index in [1.807, 2.05) is 49.4 Å². The summed E-state index contributed by atoms with van der Waals surface area (Å²) in [6.07, 6.45) is 0. The Kier molecular flexibility index (Phi) is 6.84. The fraction of sp³-hybridized carbons (Fsp3) is 0.130. The normalized spacial score (nSPS) is 11.0. The summed E-state index contributed by atoms with van der Waals surface area (Å²) in [7, 11) is -3.82. The standard InChI is InChI=1S/C23H23N3O4S/c1-16-11-12-17(2)21(13-16)23(28)26-25-22(27)19-9-6-10-20(14-19)31(29,30)24-15-18-7-4-3-5-8-18/h3-14,24H,15H2,1-2H3,(H,25,27)(H,26,28). The second-order valence-corrected chi connectivity index (χ2v) is 8.83. The van der Waals surface area contributed by atoms with Crippen LogP contribution in [0.25, 0.3) is 0 Å². The first-order chi connectivity index (χ1) is 14.8. The minimum atomic E-state index is -3.82. The molecule has 0 radical (unpaired) electrons. The van der Waals surface area contributed by atoms with E-state index in [1.54, 1.807) is 13.0 Å². The van der Waals surface area contributed by atoms with Gasteiger partial charge in [-0.1, -0.05) is 54.1 Å². The molecule has 0 saturated carbocycles. The highest BCUT2D eigenvalue weighted by Gasteiger charge is 2.17.